The molecule has 20 heteroatoms. The van der Waals surface area contributed by atoms with Crippen LogP contribution in [0.1, 0.15) is 83.1 Å². The van der Waals surface area contributed by atoms with Crippen molar-refractivity contribution >= 4 is 16.8 Å². The molecular weight excluding hydrogens is 869 g/mol. The van der Waals surface area contributed by atoms with E-state index >= 15 is 0 Å². The van der Waals surface area contributed by atoms with Crippen LogP contribution >= 0.6 is 0 Å². The summed E-state index contributed by atoms with van der Waals surface area (Å²) < 4.78 is 33.8. The maximum absolute atomic E-state index is 12.5. The van der Waals surface area contributed by atoms with Crippen LogP contribution in [-0.2, 0) is 34.9 Å². The predicted octanol–water partition coefficient (Wildman–Crippen LogP) is -0.562. The van der Waals surface area contributed by atoms with Crippen LogP contribution < -0.4 is 10.1 Å². The summed E-state index contributed by atoms with van der Waals surface area (Å²) in [6.07, 6.45) is -3.15. The minimum absolute atomic E-state index is 0.0293. The molecule has 16 atom stereocenters. The van der Waals surface area contributed by atoms with Gasteiger partial charge in [0.1, 0.15) is 79.0 Å². The van der Waals surface area contributed by atoms with E-state index in [0.29, 0.717) is 19.4 Å². The highest BCUT2D eigenvalue weighted by Gasteiger charge is 2.49. The number of unbranched alkanes of at least 4 members (excludes halogenated alkanes) is 6. The van der Waals surface area contributed by atoms with Crippen molar-refractivity contribution in [1.82, 2.24) is 10.3 Å². The molecule has 1 aromatic carbocycles. The Labute approximate surface area is 384 Å². The van der Waals surface area contributed by atoms with Crippen LogP contribution in [0.3, 0.4) is 0 Å². The molecular formula is C46H72N2O18. The van der Waals surface area contributed by atoms with Crippen molar-refractivity contribution in [2.24, 2.45) is 0 Å². The Bertz CT molecular complexity index is 1780. The maximum atomic E-state index is 12.5. The highest BCUT2D eigenvalue weighted by Crippen LogP contribution is 2.30. The third kappa shape index (κ3) is 15.4. The molecule has 3 aliphatic heterocycles. The summed E-state index contributed by atoms with van der Waals surface area (Å²) in [5.41, 5.74) is 1.68. The van der Waals surface area contributed by atoms with Gasteiger partial charge in [0.15, 0.2) is 12.6 Å². The summed E-state index contributed by atoms with van der Waals surface area (Å²) in [4.78, 5) is 15.7. The second-order valence-electron chi connectivity index (χ2n) is 17.4. The Hall–Kier alpha value is -3.13. The lowest BCUT2D eigenvalue weighted by Crippen LogP contribution is -2.63. The zero-order chi connectivity index (χ0) is 47.8. The number of aliphatic hydroxyl groups excluding tert-OH is 11. The minimum atomic E-state index is -1.84. The molecule has 1 amide bonds. The van der Waals surface area contributed by atoms with E-state index in [-0.39, 0.29) is 17.8 Å². The largest absolute Gasteiger partial charge is 0.462 e. The zero-order valence-corrected chi connectivity index (χ0v) is 37.4. The van der Waals surface area contributed by atoms with Crippen molar-refractivity contribution in [2.45, 2.75) is 182 Å². The average Bonchev–Trinajstić information content (AvgIpc) is 3.70. The van der Waals surface area contributed by atoms with Crippen LogP contribution in [0.4, 0.5) is 0 Å². The Kier molecular flexibility index (Phi) is 22.1. The molecule has 5 rings (SSSR count). The van der Waals surface area contributed by atoms with Crippen molar-refractivity contribution in [2.75, 3.05) is 26.4 Å². The number of carbonyl (C=O) groups is 1. The van der Waals surface area contributed by atoms with Gasteiger partial charge in [-0.3, -0.25) is 4.79 Å². The molecule has 1 aromatic heterocycles. The quantitative estimate of drug-likeness (QED) is 0.0415. The lowest BCUT2D eigenvalue weighted by Gasteiger charge is -2.43. The number of nitrogens with one attached hydrogen (secondary N) is 2. The van der Waals surface area contributed by atoms with E-state index < -0.39 is 112 Å². The number of rotatable bonds is 26. The number of benzene rings is 1. The van der Waals surface area contributed by atoms with Gasteiger partial charge >= 0.3 is 0 Å². The Morgan fingerprint density at radius 3 is 1.85 bits per heavy atom. The Balaban J connectivity index is 1.03. The number of allylic oxidation sites excluding steroid dienone is 4. The molecule has 2 aromatic rings. The van der Waals surface area contributed by atoms with Gasteiger partial charge in [-0.05, 0) is 82.1 Å². The molecule has 0 aliphatic carbocycles. The van der Waals surface area contributed by atoms with Crippen molar-refractivity contribution in [3.05, 3.63) is 54.3 Å². The summed E-state index contributed by atoms with van der Waals surface area (Å²) in [6.45, 7) is 0.360. The van der Waals surface area contributed by atoms with E-state index in [1.807, 2.05) is 13.1 Å². The summed E-state index contributed by atoms with van der Waals surface area (Å²) in [6, 6.07) is 5.08. The van der Waals surface area contributed by atoms with Gasteiger partial charge in [0.05, 0.1) is 25.9 Å². The van der Waals surface area contributed by atoms with Gasteiger partial charge in [0.2, 0.25) is 12.2 Å². The Morgan fingerprint density at radius 1 is 0.697 bits per heavy atom. The summed E-state index contributed by atoms with van der Waals surface area (Å²) in [5, 5.41) is 117. The average molecular weight is 941 g/mol. The van der Waals surface area contributed by atoms with E-state index in [9.17, 15) is 61.0 Å². The number of hydrogen-bond acceptors (Lipinski definition) is 18. The lowest BCUT2D eigenvalue weighted by molar-refractivity contribution is -0.339. The standard InChI is InChI=1S/C46H72N2O18/c1-26(50)15-13-11-9-7-5-3-2-4-6-8-10-12-14-16-34(51)47-20-19-27-22-48-30-18-17-28(21-29(27)30)63-46-43(60)40(57)37(54)33(66-46)25-62-45-42(59)39(56)36(53)32(65-45)24-61-44-41(58)38(55)35(52)31(23-49)64-44/h2-3,6,8,17-18,21-22,26,31-33,35-46,48-50,52-60H,4-5,7,9-16,19-20,23-25H2,1H3,(H,47,51). The van der Waals surface area contributed by atoms with Crippen molar-refractivity contribution < 1.29 is 89.4 Å². The molecule has 13 N–H and O–H groups in total. The zero-order valence-electron chi connectivity index (χ0n) is 37.4. The van der Waals surface area contributed by atoms with Crippen LogP contribution in [0.25, 0.3) is 10.9 Å². The number of ether oxygens (including phenoxy) is 6. The third-order valence-corrected chi connectivity index (χ3v) is 12.1. The van der Waals surface area contributed by atoms with Crippen molar-refractivity contribution in [1.29, 1.82) is 0 Å². The fourth-order valence-electron chi connectivity index (χ4n) is 8.03. The molecule has 0 saturated carbocycles. The van der Waals surface area contributed by atoms with E-state index in [1.165, 1.54) is 12.8 Å². The highest BCUT2D eigenvalue weighted by atomic mass is 16.7. The number of amides is 1. The van der Waals surface area contributed by atoms with Gasteiger partial charge in [-0.25, -0.2) is 0 Å². The molecule has 4 heterocycles. The first kappa shape index (κ1) is 53.8. The van der Waals surface area contributed by atoms with Crippen LogP contribution in [0, 0.1) is 0 Å². The third-order valence-electron chi connectivity index (χ3n) is 12.1. The molecule has 3 saturated heterocycles. The number of hydrogen-bond donors (Lipinski definition) is 13. The van der Waals surface area contributed by atoms with Gasteiger partial charge in [0, 0.05) is 30.1 Å². The molecule has 20 nitrogen and oxygen atoms in total. The van der Waals surface area contributed by atoms with Crippen LogP contribution in [0.5, 0.6) is 5.75 Å². The number of carbonyl (C=O) groups excluding carboxylic acids is 1. The first-order valence-electron chi connectivity index (χ1n) is 23.1. The second-order valence-corrected chi connectivity index (χ2v) is 17.4. The summed E-state index contributed by atoms with van der Waals surface area (Å²) >= 11 is 0. The van der Waals surface area contributed by atoms with Gasteiger partial charge in [-0.2, -0.15) is 0 Å². The molecule has 0 spiro atoms. The maximum Gasteiger partial charge on any atom is 0.229 e. The molecule has 374 valence electrons. The highest BCUT2D eigenvalue weighted by molar-refractivity contribution is 5.84. The summed E-state index contributed by atoms with van der Waals surface area (Å²) in [7, 11) is 0. The number of aromatic nitrogens is 1. The fourth-order valence-corrected chi connectivity index (χ4v) is 8.03. The minimum Gasteiger partial charge on any atom is -0.462 e. The molecule has 0 radical (unpaired) electrons. The van der Waals surface area contributed by atoms with Crippen LogP contribution in [0.15, 0.2) is 48.7 Å². The number of aliphatic hydroxyl groups is 11. The first-order chi connectivity index (χ1) is 31.7. The molecule has 0 bridgehead atoms. The normalized spacial score (nSPS) is 33.5. The molecule has 16 unspecified atom stereocenters. The summed E-state index contributed by atoms with van der Waals surface area (Å²) in [5.74, 6) is 0.226. The van der Waals surface area contributed by atoms with Crippen LogP contribution in [-0.4, -0.2) is 192 Å². The molecule has 3 fully saturated rings. The lowest BCUT2D eigenvalue weighted by atomic mass is 9.98. The van der Waals surface area contributed by atoms with Gasteiger partial charge in [-0.1, -0.05) is 43.6 Å². The fraction of sp³-hybridized carbons (Fsp3) is 0.717. The van der Waals surface area contributed by atoms with Gasteiger partial charge in [-0.15, -0.1) is 0 Å². The van der Waals surface area contributed by atoms with Crippen LogP contribution in [0.2, 0.25) is 0 Å². The topological polar surface area (TPSA) is 323 Å². The van der Waals surface area contributed by atoms with Crippen molar-refractivity contribution in [3.8, 4) is 5.75 Å². The number of aromatic amines is 1. The van der Waals surface area contributed by atoms with E-state index in [2.05, 4.69) is 34.6 Å². The second kappa shape index (κ2) is 27.2. The van der Waals surface area contributed by atoms with Gasteiger partial charge < -0.3 is 94.9 Å². The van der Waals surface area contributed by atoms with Gasteiger partial charge in [0.25, 0.3) is 0 Å². The van der Waals surface area contributed by atoms with Crippen molar-refractivity contribution in [3.63, 3.8) is 0 Å². The van der Waals surface area contributed by atoms with E-state index in [1.54, 1.807) is 18.2 Å². The molecule has 66 heavy (non-hydrogen) atoms. The number of fused-ring (bicyclic) bond motifs is 1. The predicted molar refractivity (Wildman–Crippen MR) is 235 cm³/mol. The SMILES string of the molecule is CC(O)CCCCCCC=CCC=CCCCCC(=O)NCCc1c[nH]c2ccc(OC3OC(COC4OC(COC5OC(CO)C(O)C(O)C5O)C(O)C(O)C4O)C(O)C(O)C3O)cc12. The van der Waals surface area contributed by atoms with E-state index in [4.69, 9.17) is 28.4 Å². The Morgan fingerprint density at radius 2 is 1.24 bits per heavy atom. The molecule has 3 aliphatic rings. The smallest absolute Gasteiger partial charge is 0.229 e. The number of H-pyrrole nitrogens is 1. The van der Waals surface area contributed by atoms with E-state index in [0.717, 1.165) is 67.8 Å². The monoisotopic (exact) mass is 940 g/mol. The first-order valence-corrected chi connectivity index (χ1v) is 23.1.